The highest BCUT2D eigenvalue weighted by Crippen LogP contribution is 2.29. The molecular formula is C15H18N2O3. The molecule has 5 nitrogen and oxygen atoms in total. The van der Waals surface area contributed by atoms with Gasteiger partial charge in [0.15, 0.2) is 0 Å². The fourth-order valence-corrected chi connectivity index (χ4v) is 3.09. The lowest BCUT2D eigenvalue weighted by molar-refractivity contribution is 0.0697. The van der Waals surface area contributed by atoms with Crippen LogP contribution in [0.5, 0.6) is 0 Å². The summed E-state index contributed by atoms with van der Waals surface area (Å²) in [5.41, 5.74) is 1.95. The van der Waals surface area contributed by atoms with Gasteiger partial charge in [-0.15, -0.1) is 0 Å². The number of carbonyl (C=O) groups is 1. The number of benzene rings is 1. The van der Waals surface area contributed by atoms with Gasteiger partial charge in [0.25, 0.3) is 0 Å². The topological polar surface area (TPSA) is 75.3 Å². The number of rotatable bonds is 3. The number of nitrogens with zero attached hydrogens (tertiary/aromatic N) is 2. The molecule has 1 aromatic carbocycles. The number of carboxylic acids is 1. The third-order valence-electron chi connectivity index (χ3n) is 4.14. The summed E-state index contributed by atoms with van der Waals surface area (Å²) >= 11 is 0. The summed E-state index contributed by atoms with van der Waals surface area (Å²) in [5.74, 6) is 0.433. The van der Waals surface area contributed by atoms with E-state index in [1.54, 1.807) is 12.1 Å². The van der Waals surface area contributed by atoms with Crippen molar-refractivity contribution in [2.45, 2.75) is 38.8 Å². The van der Waals surface area contributed by atoms with E-state index in [0.717, 1.165) is 42.7 Å². The molecule has 2 unspecified atom stereocenters. The van der Waals surface area contributed by atoms with Crippen LogP contribution in [0.15, 0.2) is 18.2 Å². The Bertz CT molecular complexity index is 662. The fourth-order valence-electron chi connectivity index (χ4n) is 3.09. The van der Waals surface area contributed by atoms with Gasteiger partial charge in [-0.05, 0) is 50.3 Å². The SMILES string of the molecule is Cc1nc2cc(C(=O)O)ccc2n1CC1CCC(O)C1. The number of aromatic nitrogens is 2. The molecule has 0 spiro atoms. The van der Waals surface area contributed by atoms with Crippen molar-refractivity contribution in [3.8, 4) is 0 Å². The predicted molar refractivity (Wildman–Crippen MR) is 74.8 cm³/mol. The third kappa shape index (κ3) is 2.29. The van der Waals surface area contributed by atoms with Crippen molar-refractivity contribution < 1.29 is 15.0 Å². The van der Waals surface area contributed by atoms with Crippen molar-refractivity contribution in [2.75, 3.05) is 0 Å². The first-order valence-electron chi connectivity index (χ1n) is 6.93. The number of imidazole rings is 1. The summed E-state index contributed by atoms with van der Waals surface area (Å²) in [7, 11) is 0. The molecule has 2 aromatic rings. The summed E-state index contributed by atoms with van der Waals surface area (Å²) in [6, 6.07) is 5.06. The van der Waals surface area contributed by atoms with Crippen LogP contribution in [0.2, 0.25) is 0 Å². The molecule has 1 saturated carbocycles. The Hall–Kier alpha value is -1.88. The monoisotopic (exact) mass is 274 g/mol. The number of hydrogen-bond donors (Lipinski definition) is 2. The van der Waals surface area contributed by atoms with Gasteiger partial charge in [-0.3, -0.25) is 0 Å². The Morgan fingerprint density at radius 3 is 2.90 bits per heavy atom. The summed E-state index contributed by atoms with van der Waals surface area (Å²) in [6.07, 6.45) is 2.58. The van der Waals surface area contributed by atoms with Crippen molar-refractivity contribution in [1.82, 2.24) is 9.55 Å². The maximum atomic E-state index is 11.0. The van der Waals surface area contributed by atoms with Gasteiger partial charge in [-0.2, -0.15) is 0 Å². The highest BCUT2D eigenvalue weighted by atomic mass is 16.4. The first-order valence-corrected chi connectivity index (χ1v) is 6.93. The lowest BCUT2D eigenvalue weighted by Gasteiger charge is -2.13. The van der Waals surface area contributed by atoms with Crippen LogP contribution in [-0.2, 0) is 6.54 Å². The Kier molecular flexibility index (Phi) is 3.22. The van der Waals surface area contributed by atoms with E-state index in [2.05, 4.69) is 9.55 Å². The van der Waals surface area contributed by atoms with E-state index in [9.17, 15) is 9.90 Å². The van der Waals surface area contributed by atoms with Crippen LogP contribution in [-0.4, -0.2) is 31.8 Å². The van der Waals surface area contributed by atoms with E-state index in [1.807, 2.05) is 13.0 Å². The third-order valence-corrected chi connectivity index (χ3v) is 4.14. The average Bonchev–Trinajstić information content (AvgIpc) is 2.94. The molecule has 5 heteroatoms. The molecule has 0 radical (unpaired) electrons. The van der Waals surface area contributed by atoms with Crippen molar-refractivity contribution in [2.24, 2.45) is 5.92 Å². The first kappa shape index (κ1) is 13.1. The van der Waals surface area contributed by atoms with E-state index in [4.69, 9.17) is 5.11 Å². The number of aliphatic hydroxyl groups excluding tert-OH is 1. The molecule has 2 N–H and O–H groups in total. The minimum absolute atomic E-state index is 0.172. The quantitative estimate of drug-likeness (QED) is 0.899. The zero-order valence-electron chi connectivity index (χ0n) is 11.4. The van der Waals surface area contributed by atoms with Gasteiger partial charge < -0.3 is 14.8 Å². The maximum absolute atomic E-state index is 11.0. The van der Waals surface area contributed by atoms with Gasteiger partial charge in [-0.1, -0.05) is 0 Å². The van der Waals surface area contributed by atoms with Crippen LogP contribution in [0.25, 0.3) is 11.0 Å². The lowest BCUT2D eigenvalue weighted by atomic mass is 10.1. The minimum Gasteiger partial charge on any atom is -0.478 e. The van der Waals surface area contributed by atoms with Crippen molar-refractivity contribution >= 4 is 17.0 Å². The van der Waals surface area contributed by atoms with Crippen LogP contribution in [0.4, 0.5) is 0 Å². The average molecular weight is 274 g/mol. The smallest absolute Gasteiger partial charge is 0.335 e. The molecular weight excluding hydrogens is 256 g/mol. The van der Waals surface area contributed by atoms with Crippen LogP contribution in [0.1, 0.15) is 35.4 Å². The number of fused-ring (bicyclic) bond motifs is 1. The molecule has 0 amide bonds. The molecule has 1 heterocycles. The molecule has 1 aliphatic rings. The standard InChI is InChI=1S/C15H18N2O3/c1-9-16-13-7-11(15(19)20)3-5-14(13)17(9)8-10-2-4-12(18)6-10/h3,5,7,10,12,18H,2,4,6,8H2,1H3,(H,19,20). The molecule has 1 fully saturated rings. The Labute approximate surface area is 116 Å². The first-order chi connectivity index (χ1) is 9.54. The van der Waals surface area contributed by atoms with Gasteiger partial charge in [0.2, 0.25) is 0 Å². The molecule has 1 aliphatic carbocycles. The summed E-state index contributed by atoms with van der Waals surface area (Å²) < 4.78 is 2.13. The van der Waals surface area contributed by atoms with E-state index >= 15 is 0 Å². The molecule has 2 atom stereocenters. The number of aryl methyl sites for hydroxylation is 1. The molecule has 106 valence electrons. The van der Waals surface area contributed by atoms with Gasteiger partial charge >= 0.3 is 5.97 Å². The number of aliphatic hydroxyl groups is 1. The highest BCUT2D eigenvalue weighted by molar-refractivity contribution is 5.92. The van der Waals surface area contributed by atoms with Crippen LogP contribution in [0.3, 0.4) is 0 Å². The van der Waals surface area contributed by atoms with E-state index in [1.165, 1.54) is 0 Å². The highest BCUT2D eigenvalue weighted by Gasteiger charge is 2.24. The molecule has 20 heavy (non-hydrogen) atoms. The predicted octanol–water partition coefficient (Wildman–Crippen LogP) is 2.20. The van der Waals surface area contributed by atoms with Gasteiger partial charge in [-0.25, -0.2) is 9.78 Å². The summed E-state index contributed by atoms with van der Waals surface area (Å²) in [6.45, 7) is 2.78. The van der Waals surface area contributed by atoms with Crippen molar-refractivity contribution in [1.29, 1.82) is 0 Å². The zero-order chi connectivity index (χ0) is 14.3. The van der Waals surface area contributed by atoms with E-state index in [0.29, 0.717) is 5.92 Å². The van der Waals surface area contributed by atoms with Crippen LogP contribution < -0.4 is 0 Å². The number of aromatic carboxylic acids is 1. The molecule has 3 rings (SSSR count). The van der Waals surface area contributed by atoms with Crippen molar-refractivity contribution in [3.63, 3.8) is 0 Å². The summed E-state index contributed by atoms with van der Waals surface area (Å²) in [4.78, 5) is 15.4. The Morgan fingerprint density at radius 2 is 2.25 bits per heavy atom. The maximum Gasteiger partial charge on any atom is 0.335 e. The largest absolute Gasteiger partial charge is 0.478 e. The number of hydrogen-bond acceptors (Lipinski definition) is 3. The zero-order valence-corrected chi connectivity index (χ0v) is 11.4. The second-order valence-corrected chi connectivity index (χ2v) is 5.61. The van der Waals surface area contributed by atoms with Gasteiger partial charge in [0.05, 0.1) is 22.7 Å². The fraction of sp³-hybridized carbons (Fsp3) is 0.467. The van der Waals surface area contributed by atoms with Gasteiger partial charge in [0, 0.05) is 6.54 Å². The number of carboxylic acid groups (broad SMARTS) is 1. The van der Waals surface area contributed by atoms with Gasteiger partial charge in [0.1, 0.15) is 5.82 Å². The Morgan fingerprint density at radius 1 is 1.45 bits per heavy atom. The molecule has 1 aromatic heterocycles. The van der Waals surface area contributed by atoms with E-state index < -0.39 is 5.97 Å². The molecule has 0 aliphatic heterocycles. The lowest BCUT2D eigenvalue weighted by Crippen LogP contribution is -2.10. The Balaban J connectivity index is 1.94. The minimum atomic E-state index is -0.932. The van der Waals surface area contributed by atoms with Crippen molar-refractivity contribution in [3.05, 3.63) is 29.6 Å². The van der Waals surface area contributed by atoms with E-state index in [-0.39, 0.29) is 11.7 Å². The molecule has 0 bridgehead atoms. The normalized spacial score (nSPS) is 22.5. The van der Waals surface area contributed by atoms with Crippen LogP contribution in [0, 0.1) is 12.8 Å². The molecule has 0 saturated heterocycles. The second-order valence-electron chi connectivity index (χ2n) is 5.61. The van der Waals surface area contributed by atoms with Crippen LogP contribution >= 0.6 is 0 Å². The second kappa shape index (κ2) is 4.90. The summed E-state index contributed by atoms with van der Waals surface area (Å²) in [5, 5.41) is 18.6.